The van der Waals surface area contributed by atoms with Crippen molar-refractivity contribution in [1.29, 1.82) is 0 Å². The van der Waals surface area contributed by atoms with Crippen LogP contribution in [-0.2, 0) is 25.8 Å². The third-order valence-corrected chi connectivity index (χ3v) is 5.44. The maximum absolute atomic E-state index is 12.6. The second kappa shape index (κ2) is 13.2. The van der Waals surface area contributed by atoms with Crippen molar-refractivity contribution < 1.29 is 39.7 Å². The summed E-state index contributed by atoms with van der Waals surface area (Å²) in [6.07, 6.45) is 0.156. The molecule has 0 aliphatic carbocycles. The van der Waals surface area contributed by atoms with E-state index in [2.05, 4.69) is 4.89 Å². The lowest BCUT2D eigenvalue weighted by atomic mass is 9.90. The lowest BCUT2D eigenvalue weighted by molar-refractivity contribution is -0.241. The number of rotatable bonds is 13. The zero-order valence-corrected chi connectivity index (χ0v) is 19.0. The first kappa shape index (κ1) is 26.7. The van der Waals surface area contributed by atoms with Crippen LogP contribution in [0, 0.1) is 12.3 Å². The van der Waals surface area contributed by atoms with Crippen molar-refractivity contribution in [1.82, 2.24) is 0 Å². The monoisotopic (exact) mass is 460 g/mol. The highest BCUT2D eigenvalue weighted by Gasteiger charge is 2.28. The van der Waals surface area contributed by atoms with Gasteiger partial charge in [-0.15, -0.1) is 0 Å². The number of methoxy groups -OCH3 is 1. The van der Waals surface area contributed by atoms with Crippen LogP contribution >= 0.6 is 0 Å². The fourth-order valence-electron chi connectivity index (χ4n) is 3.28. The first-order valence-corrected chi connectivity index (χ1v) is 10.6. The van der Waals surface area contributed by atoms with Gasteiger partial charge in [-0.3, -0.25) is 5.26 Å². The molecule has 0 radical (unpaired) electrons. The second-order valence-electron chi connectivity index (χ2n) is 7.96. The van der Waals surface area contributed by atoms with Gasteiger partial charge in [0.2, 0.25) is 0 Å². The smallest absolute Gasteiger partial charge is 0.334 e. The molecule has 8 heteroatoms. The van der Waals surface area contributed by atoms with E-state index >= 15 is 0 Å². The zero-order chi connectivity index (χ0) is 24.3. The van der Waals surface area contributed by atoms with Crippen molar-refractivity contribution in [2.45, 2.75) is 20.0 Å². The Balaban J connectivity index is 2.35. The number of carbonyl (C=O) groups excluding carboxylic acids is 1. The van der Waals surface area contributed by atoms with Crippen LogP contribution < -0.4 is 0 Å². The summed E-state index contributed by atoms with van der Waals surface area (Å²) in [5, 5.41) is 37.0. The first-order chi connectivity index (χ1) is 15.9. The highest BCUT2D eigenvalue weighted by molar-refractivity contribution is 6.01. The molecule has 0 saturated carbocycles. The highest BCUT2D eigenvalue weighted by atomic mass is 17.1. The van der Waals surface area contributed by atoms with Crippen molar-refractivity contribution in [2.24, 2.45) is 5.41 Å². The molecule has 0 aliphatic heterocycles. The van der Waals surface area contributed by atoms with Gasteiger partial charge in [-0.05, 0) is 29.2 Å². The Morgan fingerprint density at radius 2 is 1.45 bits per heavy atom. The van der Waals surface area contributed by atoms with Gasteiger partial charge >= 0.3 is 5.97 Å². The number of esters is 1. The molecule has 4 N–H and O–H groups in total. The third kappa shape index (κ3) is 7.20. The SMILES string of the molecule is COC(=O)/C(CCOO)=C(/c1ccc(C)cc1)c1ccc(COCC(CO)(CO)CO)cc1. The number of ether oxygens (including phenoxy) is 2. The molecule has 0 bridgehead atoms. The first-order valence-electron chi connectivity index (χ1n) is 10.6. The Morgan fingerprint density at radius 1 is 0.909 bits per heavy atom. The molecule has 2 aromatic rings. The Morgan fingerprint density at radius 3 is 1.94 bits per heavy atom. The van der Waals surface area contributed by atoms with Gasteiger partial charge in [0.1, 0.15) is 0 Å². The summed E-state index contributed by atoms with van der Waals surface area (Å²) < 4.78 is 10.6. The van der Waals surface area contributed by atoms with E-state index in [9.17, 15) is 20.1 Å². The lowest BCUT2D eigenvalue weighted by Crippen LogP contribution is -2.38. The molecular formula is C25H32O8. The standard InChI is InChI=1S/C25H32O8/c1-18-3-7-20(8-4-18)23(22(11-12-33-30)24(29)31-2)21-9-5-19(6-10-21)13-32-17-25(14-26,15-27)16-28/h3-10,26-28,30H,11-17H2,1-2H3/b23-22-. The summed E-state index contributed by atoms with van der Waals surface area (Å²) >= 11 is 0. The van der Waals surface area contributed by atoms with E-state index in [0.29, 0.717) is 11.1 Å². The zero-order valence-electron chi connectivity index (χ0n) is 19.0. The van der Waals surface area contributed by atoms with E-state index in [1.165, 1.54) is 7.11 Å². The van der Waals surface area contributed by atoms with E-state index in [1.807, 2.05) is 55.5 Å². The minimum Gasteiger partial charge on any atom is -0.466 e. The number of hydrogen-bond acceptors (Lipinski definition) is 8. The van der Waals surface area contributed by atoms with Gasteiger partial charge in [-0.1, -0.05) is 54.1 Å². The number of benzene rings is 2. The van der Waals surface area contributed by atoms with Gasteiger partial charge in [0, 0.05) is 12.0 Å². The van der Waals surface area contributed by atoms with Crippen LogP contribution in [0.3, 0.4) is 0 Å². The molecule has 8 nitrogen and oxygen atoms in total. The molecule has 2 aromatic carbocycles. The van der Waals surface area contributed by atoms with Crippen LogP contribution in [0.1, 0.15) is 28.7 Å². The molecule has 0 heterocycles. The molecule has 0 fully saturated rings. The average Bonchev–Trinajstić information content (AvgIpc) is 2.85. The largest absolute Gasteiger partial charge is 0.466 e. The van der Waals surface area contributed by atoms with Crippen LogP contribution in [0.15, 0.2) is 54.1 Å². The average molecular weight is 461 g/mol. The molecule has 2 rings (SSSR count). The van der Waals surface area contributed by atoms with Crippen molar-refractivity contribution >= 4 is 11.5 Å². The third-order valence-electron chi connectivity index (χ3n) is 5.44. The Hall–Kier alpha value is -2.59. The molecule has 0 unspecified atom stereocenters. The minimum atomic E-state index is -1.09. The normalized spacial score (nSPS) is 12.4. The molecule has 0 amide bonds. The van der Waals surface area contributed by atoms with Crippen LogP contribution in [0.5, 0.6) is 0 Å². The molecule has 0 atom stereocenters. The quantitative estimate of drug-likeness (QED) is 0.155. The number of aliphatic hydroxyl groups is 3. The van der Waals surface area contributed by atoms with Gasteiger partial charge in [0.15, 0.2) is 0 Å². The molecular weight excluding hydrogens is 428 g/mol. The predicted molar refractivity (Wildman–Crippen MR) is 122 cm³/mol. The topological polar surface area (TPSA) is 126 Å². The van der Waals surface area contributed by atoms with Crippen molar-refractivity contribution in [3.8, 4) is 0 Å². The number of carbonyl (C=O) groups is 1. The molecule has 0 aromatic heterocycles. The van der Waals surface area contributed by atoms with E-state index < -0.39 is 31.2 Å². The predicted octanol–water partition coefficient (Wildman–Crippen LogP) is 2.33. The lowest BCUT2D eigenvalue weighted by Gasteiger charge is -2.26. The number of aliphatic hydroxyl groups excluding tert-OH is 3. The molecule has 33 heavy (non-hydrogen) atoms. The van der Waals surface area contributed by atoms with Gasteiger partial charge in [0.05, 0.1) is 52.2 Å². The Labute approximate surface area is 193 Å². The minimum absolute atomic E-state index is 0.000416. The summed E-state index contributed by atoms with van der Waals surface area (Å²) in [4.78, 5) is 16.8. The molecule has 0 saturated heterocycles. The summed E-state index contributed by atoms with van der Waals surface area (Å²) in [5.41, 5.74) is 3.46. The molecule has 0 aliphatic rings. The number of hydrogen-bond donors (Lipinski definition) is 4. The summed E-state index contributed by atoms with van der Waals surface area (Å²) in [5.74, 6) is -0.511. The van der Waals surface area contributed by atoms with Gasteiger partial charge in [-0.25, -0.2) is 9.68 Å². The Kier molecular flexibility index (Phi) is 10.7. The summed E-state index contributed by atoms with van der Waals surface area (Å²) in [7, 11) is 1.31. The van der Waals surface area contributed by atoms with E-state index in [0.717, 1.165) is 22.3 Å². The van der Waals surface area contributed by atoms with Crippen LogP contribution in [0.4, 0.5) is 0 Å². The number of aryl methyl sites for hydroxylation is 1. The van der Waals surface area contributed by atoms with Gasteiger partial charge in [-0.2, -0.15) is 0 Å². The second-order valence-corrected chi connectivity index (χ2v) is 7.96. The van der Waals surface area contributed by atoms with Crippen LogP contribution in [-0.4, -0.2) is 66.7 Å². The fourth-order valence-corrected chi connectivity index (χ4v) is 3.28. The summed E-state index contributed by atoms with van der Waals surface area (Å²) in [6.45, 7) is 0.955. The van der Waals surface area contributed by atoms with E-state index in [1.54, 1.807) is 0 Å². The fraction of sp³-hybridized carbons (Fsp3) is 0.400. The van der Waals surface area contributed by atoms with Crippen molar-refractivity contribution in [3.05, 3.63) is 76.4 Å². The van der Waals surface area contributed by atoms with E-state index in [-0.39, 0.29) is 26.2 Å². The molecule has 180 valence electrons. The van der Waals surface area contributed by atoms with Gasteiger partial charge in [0.25, 0.3) is 0 Å². The van der Waals surface area contributed by atoms with Crippen molar-refractivity contribution in [2.75, 3.05) is 40.1 Å². The van der Waals surface area contributed by atoms with Crippen LogP contribution in [0.25, 0.3) is 5.57 Å². The van der Waals surface area contributed by atoms with Gasteiger partial charge < -0.3 is 24.8 Å². The maximum Gasteiger partial charge on any atom is 0.334 e. The Bertz CT molecular complexity index is 891. The van der Waals surface area contributed by atoms with Crippen molar-refractivity contribution in [3.63, 3.8) is 0 Å². The maximum atomic E-state index is 12.6. The highest BCUT2D eigenvalue weighted by Crippen LogP contribution is 2.30. The summed E-state index contributed by atoms with van der Waals surface area (Å²) in [6, 6.07) is 15.1. The molecule has 0 spiro atoms. The van der Waals surface area contributed by atoms with Crippen LogP contribution in [0.2, 0.25) is 0 Å². The van der Waals surface area contributed by atoms with E-state index in [4.69, 9.17) is 14.7 Å².